The summed E-state index contributed by atoms with van der Waals surface area (Å²) in [6.45, 7) is 1.82. The van der Waals surface area contributed by atoms with E-state index in [0.29, 0.717) is 6.42 Å². The fourth-order valence-corrected chi connectivity index (χ4v) is 2.26. The van der Waals surface area contributed by atoms with Gasteiger partial charge < -0.3 is 5.32 Å². The molecule has 5 heteroatoms. The van der Waals surface area contributed by atoms with Crippen LogP contribution >= 0.6 is 15.9 Å². The zero-order valence-electron chi connectivity index (χ0n) is 11.4. The molecular formula is C16H14BrF2NO. The molecule has 0 fully saturated rings. The number of halogens is 3. The van der Waals surface area contributed by atoms with Gasteiger partial charge in [0.2, 0.25) is 0 Å². The number of hydrogen-bond acceptors (Lipinski definition) is 1. The molecule has 0 aliphatic rings. The lowest BCUT2D eigenvalue weighted by atomic mass is 10.1. The molecule has 0 saturated heterocycles. The summed E-state index contributed by atoms with van der Waals surface area (Å²) in [6, 6.07) is 10.3. The smallest absolute Gasteiger partial charge is 0.254 e. The Morgan fingerprint density at radius 2 is 1.86 bits per heavy atom. The summed E-state index contributed by atoms with van der Waals surface area (Å²) < 4.78 is 27.6. The van der Waals surface area contributed by atoms with Crippen molar-refractivity contribution >= 4 is 21.8 Å². The highest BCUT2D eigenvalue weighted by Gasteiger charge is 2.15. The van der Waals surface area contributed by atoms with Crippen LogP contribution in [0.1, 0.15) is 22.8 Å². The molecule has 1 atom stereocenters. The molecule has 1 amide bonds. The van der Waals surface area contributed by atoms with Crippen LogP contribution < -0.4 is 5.32 Å². The third-order valence-corrected chi connectivity index (χ3v) is 3.53. The molecule has 0 saturated carbocycles. The van der Waals surface area contributed by atoms with Gasteiger partial charge in [-0.1, -0.05) is 28.1 Å². The molecule has 0 heterocycles. The highest BCUT2D eigenvalue weighted by atomic mass is 79.9. The Hall–Kier alpha value is -1.75. The van der Waals surface area contributed by atoms with Crippen molar-refractivity contribution in [3.63, 3.8) is 0 Å². The van der Waals surface area contributed by atoms with Crippen molar-refractivity contribution in [3.05, 3.63) is 69.7 Å². The van der Waals surface area contributed by atoms with Crippen LogP contribution in [0.25, 0.3) is 0 Å². The molecule has 0 aromatic heterocycles. The molecule has 2 nitrogen and oxygen atoms in total. The van der Waals surface area contributed by atoms with Crippen molar-refractivity contribution in [1.29, 1.82) is 0 Å². The quantitative estimate of drug-likeness (QED) is 0.881. The standard InChI is InChI=1S/C16H14BrF2NO/c1-10(8-11-2-4-12(17)5-3-11)20-16(21)14-9-13(18)6-7-15(14)19/h2-7,9-10H,8H2,1H3,(H,20,21). The third kappa shape index (κ3) is 4.36. The minimum atomic E-state index is -0.732. The van der Waals surface area contributed by atoms with Crippen molar-refractivity contribution in [2.75, 3.05) is 0 Å². The van der Waals surface area contributed by atoms with Gasteiger partial charge in [0, 0.05) is 10.5 Å². The molecule has 0 aliphatic heterocycles. The average molecular weight is 354 g/mol. The van der Waals surface area contributed by atoms with Gasteiger partial charge in [-0.05, 0) is 49.2 Å². The Kier molecular flexibility index (Phi) is 5.07. The second-order valence-corrected chi connectivity index (χ2v) is 5.74. The summed E-state index contributed by atoms with van der Waals surface area (Å²) in [5, 5.41) is 2.67. The number of benzene rings is 2. The first-order chi connectivity index (χ1) is 9.95. The first kappa shape index (κ1) is 15.6. The maximum atomic E-state index is 13.5. The summed E-state index contributed by atoms with van der Waals surface area (Å²) in [5.41, 5.74) is 0.767. The van der Waals surface area contributed by atoms with Gasteiger partial charge in [-0.2, -0.15) is 0 Å². The molecule has 2 aromatic rings. The van der Waals surface area contributed by atoms with E-state index in [1.807, 2.05) is 31.2 Å². The van der Waals surface area contributed by atoms with E-state index in [1.54, 1.807) is 0 Å². The minimum Gasteiger partial charge on any atom is -0.349 e. The third-order valence-electron chi connectivity index (χ3n) is 3.01. The SMILES string of the molecule is CC(Cc1ccc(Br)cc1)NC(=O)c1cc(F)ccc1F. The van der Waals surface area contributed by atoms with Crippen molar-refractivity contribution in [2.45, 2.75) is 19.4 Å². The molecule has 0 radical (unpaired) electrons. The Labute approximate surface area is 130 Å². The largest absolute Gasteiger partial charge is 0.349 e. The molecule has 0 bridgehead atoms. The first-order valence-corrected chi connectivity index (χ1v) is 7.25. The van der Waals surface area contributed by atoms with Gasteiger partial charge in [0.25, 0.3) is 5.91 Å². The van der Waals surface area contributed by atoms with Crippen LogP contribution in [0.15, 0.2) is 46.9 Å². The summed E-state index contributed by atoms with van der Waals surface area (Å²) in [4.78, 5) is 11.9. The van der Waals surface area contributed by atoms with Crippen molar-refractivity contribution in [3.8, 4) is 0 Å². The second kappa shape index (κ2) is 6.80. The number of carbonyl (C=O) groups excluding carboxylic acids is 1. The number of amides is 1. The maximum absolute atomic E-state index is 13.5. The Morgan fingerprint density at radius 3 is 2.52 bits per heavy atom. The van der Waals surface area contributed by atoms with Crippen LogP contribution in [0.5, 0.6) is 0 Å². The minimum absolute atomic E-state index is 0.193. The van der Waals surface area contributed by atoms with Crippen molar-refractivity contribution in [1.82, 2.24) is 5.32 Å². The zero-order valence-corrected chi connectivity index (χ0v) is 13.0. The van der Waals surface area contributed by atoms with E-state index in [-0.39, 0.29) is 11.6 Å². The van der Waals surface area contributed by atoms with E-state index < -0.39 is 17.5 Å². The molecule has 1 unspecified atom stereocenters. The van der Waals surface area contributed by atoms with E-state index in [9.17, 15) is 13.6 Å². The Morgan fingerprint density at radius 1 is 1.19 bits per heavy atom. The molecule has 1 N–H and O–H groups in total. The van der Waals surface area contributed by atoms with Gasteiger partial charge >= 0.3 is 0 Å². The van der Waals surface area contributed by atoms with Gasteiger partial charge in [-0.3, -0.25) is 4.79 Å². The lowest BCUT2D eigenvalue weighted by Gasteiger charge is -2.14. The van der Waals surface area contributed by atoms with E-state index in [2.05, 4.69) is 21.2 Å². The van der Waals surface area contributed by atoms with Crippen LogP contribution in [0.3, 0.4) is 0 Å². The second-order valence-electron chi connectivity index (χ2n) is 4.83. The predicted molar refractivity (Wildman–Crippen MR) is 81.1 cm³/mol. The van der Waals surface area contributed by atoms with Crippen LogP contribution in [0, 0.1) is 11.6 Å². The normalized spacial score (nSPS) is 12.0. The summed E-state index contributed by atoms with van der Waals surface area (Å²) in [5.74, 6) is -1.98. The summed E-state index contributed by atoms with van der Waals surface area (Å²) >= 11 is 3.35. The lowest BCUT2D eigenvalue weighted by Crippen LogP contribution is -2.34. The van der Waals surface area contributed by atoms with Crippen molar-refractivity contribution in [2.24, 2.45) is 0 Å². The number of nitrogens with one attached hydrogen (secondary N) is 1. The fraction of sp³-hybridized carbons (Fsp3) is 0.188. The van der Waals surface area contributed by atoms with E-state index in [4.69, 9.17) is 0 Å². The predicted octanol–water partition coefficient (Wildman–Crippen LogP) is 4.09. The van der Waals surface area contributed by atoms with Crippen LogP contribution in [-0.4, -0.2) is 11.9 Å². The summed E-state index contributed by atoms with van der Waals surface area (Å²) in [6.07, 6.45) is 0.607. The maximum Gasteiger partial charge on any atom is 0.254 e. The fourth-order valence-electron chi connectivity index (χ4n) is 2.00. The summed E-state index contributed by atoms with van der Waals surface area (Å²) in [7, 11) is 0. The van der Waals surface area contributed by atoms with E-state index in [0.717, 1.165) is 28.2 Å². The number of carbonyl (C=O) groups is 1. The van der Waals surface area contributed by atoms with Crippen molar-refractivity contribution < 1.29 is 13.6 Å². The Bertz CT molecular complexity index is 643. The van der Waals surface area contributed by atoms with Gasteiger partial charge in [0.15, 0.2) is 0 Å². The lowest BCUT2D eigenvalue weighted by molar-refractivity contribution is 0.0935. The van der Waals surface area contributed by atoms with Gasteiger partial charge in [-0.15, -0.1) is 0 Å². The number of hydrogen-bond donors (Lipinski definition) is 1. The van der Waals surface area contributed by atoms with Gasteiger partial charge in [0.05, 0.1) is 5.56 Å². The molecule has 2 rings (SSSR count). The molecule has 21 heavy (non-hydrogen) atoms. The molecule has 110 valence electrons. The molecule has 2 aromatic carbocycles. The molecule has 0 aliphatic carbocycles. The monoisotopic (exact) mass is 353 g/mol. The molecular weight excluding hydrogens is 340 g/mol. The average Bonchev–Trinajstić information content (AvgIpc) is 2.44. The topological polar surface area (TPSA) is 29.1 Å². The first-order valence-electron chi connectivity index (χ1n) is 6.46. The zero-order chi connectivity index (χ0) is 15.4. The van der Waals surface area contributed by atoms with E-state index >= 15 is 0 Å². The van der Waals surface area contributed by atoms with Crippen LogP contribution in [0.2, 0.25) is 0 Å². The van der Waals surface area contributed by atoms with Gasteiger partial charge in [-0.25, -0.2) is 8.78 Å². The van der Waals surface area contributed by atoms with E-state index in [1.165, 1.54) is 0 Å². The Balaban J connectivity index is 2.01. The highest BCUT2D eigenvalue weighted by Crippen LogP contribution is 2.13. The van der Waals surface area contributed by atoms with Crippen LogP contribution in [-0.2, 0) is 6.42 Å². The number of rotatable bonds is 4. The highest BCUT2D eigenvalue weighted by molar-refractivity contribution is 9.10. The molecule has 0 spiro atoms. The van der Waals surface area contributed by atoms with Gasteiger partial charge in [0.1, 0.15) is 11.6 Å². The van der Waals surface area contributed by atoms with Crippen LogP contribution in [0.4, 0.5) is 8.78 Å².